The van der Waals surface area contributed by atoms with Crippen LogP contribution in [0, 0.1) is 5.92 Å². The number of thiazole rings is 1. The number of hydrogen-bond acceptors (Lipinski definition) is 5. The van der Waals surface area contributed by atoms with Gasteiger partial charge < -0.3 is 16.0 Å². The molecule has 0 aromatic carbocycles. The number of carbonyl (C=O) groups excluding carboxylic acids is 2. The first-order valence-corrected chi connectivity index (χ1v) is 8.28. The zero-order valence-corrected chi connectivity index (χ0v) is 12.7. The summed E-state index contributed by atoms with van der Waals surface area (Å²) in [5.41, 5.74) is 6.31. The molecule has 0 spiro atoms. The highest BCUT2D eigenvalue weighted by molar-refractivity contribution is 7.13. The van der Waals surface area contributed by atoms with Gasteiger partial charge in [-0.25, -0.2) is 4.98 Å². The molecular weight excluding hydrogens is 288 g/mol. The second-order valence-corrected chi connectivity index (χ2v) is 6.68. The van der Waals surface area contributed by atoms with Gasteiger partial charge in [-0.2, -0.15) is 0 Å². The van der Waals surface area contributed by atoms with E-state index in [9.17, 15) is 9.59 Å². The molecule has 3 N–H and O–H groups in total. The summed E-state index contributed by atoms with van der Waals surface area (Å²) in [6.07, 6.45) is 4.04. The lowest BCUT2D eigenvalue weighted by molar-refractivity contribution is -0.131. The Kier molecular flexibility index (Phi) is 4.10. The highest BCUT2D eigenvalue weighted by Crippen LogP contribution is 2.29. The third kappa shape index (κ3) is 3.72. The highest BCUT2D eigenvalue weighted by Gasteiger charge is 2.32. The first-order valence-electron chi connectivity index (χ1n) is 7.40. The maximum atomic E-state index is 12.2. The molecule has 3 rings (SSSR count). The fourth-order valence-electron chi connectivity index (χ4n) is 2.61. The molecular formula is C14H20N4O2S. The van der Waals surface area contributed by atoms with Gasteiger partial charge in [0.1, 0.15) is 0 Å². The summed E-state index contributed by atoms with van der Waals surface area (Å²) in [7, 11) is 0. The number of anilines is 1. The number of hydrogen-bond donors (Lipinski definition) is 2. The summed E-state index contributed by atoms with van der Waals surface area (Å²) in [5.74, 6) is 0.532. The number of amides is 2. The maximum Gasteiger partial charge on any atom is 0.228 e. The summed E-state index contributed by atoms with van der Waals surface area (Å²) < 4.78 is 0. The normalized spacial score (nSPS) is 19.5. The minimum Gasteiger partial charge on any atom is -0.375 e. The van der Waals surface area contributed by atoms with E-state index in [1.54, 1.807) is 0 Å². The Bertz CT molecular complexity index is 533. The molecule has 7 heteroatoms. The molecule has 2 fully saturated rings. The molecule has 0 radical (unpaired) electrons. The van der Waals surface area contributed by atoms with Crippen LogP contribution in [0.4, 0.5) is 5.13 Å². The van der Waals surface area contributed by atoms with Crippen molar-refractivity contribution in [3.63, 3.8) is 0 Å². The predicted molar refractivity (Wildman–Crippen MR) is 80.7 cm³/mol. The molecule has 0 atom stereocenters. The smallest absolute Gasteiger partial charge is 0.228 e. The minimum atomic E-state index is 0.0901. The van der Waals surface area contributed by atoms with Crippen LogP contribution in [0.25, 0.3) is 0 Å². The molecule has 114 valence electrons. The minimum absolute atomic E-state index is 0.0901. The van der Waals surface area contributed by atoms with Gasteiger partial charge in [0, 0.05) is 30.4 Å². The average Bonchev–Trinajstić information content (AvgIpc) is 3.24. The van der Waals surface area contributed by atoms with Gasteiger partial charge in [-0.3, -0.25) is 9.59 Å². The molecule has 1 aliphatic heterocycles. The standard InChI is InChI=1S/C14H20N4O2S/c15-14-17-11(8-21-14)7-12(19)18-5-3-10(4-6-18)16-13(20)9-1-2-9/h8-10H,1-7H2,(H2,15,17)(H,16,20). The molecule has 1 saturated carbocycles. The van der Waals surface area contributed by atoms with E-state index in [4.69, 9.17) is 5.73 Å². The summed E-state index contributed by atoms with van der Waals surface area (Å²) in [4.78, 5) is 29.9. The van der Waals surface area contributed by atoms with E-state index in [2.05, 4.69) is 10.3 Å². The van der Waals surface area contributed by atoms with E-state index in [0.29, 0.717) is 24.6 Å². The number of rotatable bonds is 4. The van der Waals surface area contributed by atoms with Gasteiger partial charge in [-0.1, -0.05) is 0 Å². The van der Waals surface area contributed by atoms with Crippen molar-refractivity contribution in [3.8, 4) is 0 Å². The van der Waals surface area contributed by atoms with Crippen LogP contribution >= 0.6 is 11.3 Å². The summed E-state index contributed by atoms with van der Waals surface area (Å²) in [6, 6.07) is 0.220. The summed E-state index contributed by atoms with van der Waals surface area (Å²) in [6.45, 7) is 1.40. The fraction of sp³-hybridized carbons (Fsp3) is 0.643. The third-order valence-corrected chi connectivity index (χ3v) is 4.77. The Morgan fingerprint density at radius 1 is 1.33 bits per heavy atom. The van der Waals surface area contributed by atoms with Crippen molar-refractivity contribution in [1.82, 2.24) is 15.2 Å². The molecule has 0 bridgehead atoms. The van der Waals surface area contributed by atoms with Crippen LogP contribution in [0.15, 0.2) is 5.38 Å². The first-order chi connectivity index (χ1) is 10.1. The third-order valence-electron chi connectivity index (χ3n) is 4.04. The SMILES string of the molecule is Nc1nc(CC(=O)N2CCC(NC(=O)C3CC3)CC2)cs1. The average molecular weight is 308 g/mol. The topological polar surface area (TPSA) is 88.3 Å². The Hall–Kier alpha value is -1.63. The van der Waals surface area contributed by atoms with Gasteiger partial charge in [-0.15, -0.1) is 11.3 Å². The second kappa shape index (κ2) is 6.01. The monoisotopic (exact) mass is 308 g/mol. The van der Waals surface area contributed by atoms with Crippen LogP contribution in [0.5, 0.6) is 0 Å². The van der Waals surface area contributed by atoms with Crippen molar-refractivity contribution in [3.05, 3.63) is 11.1 Å². The van der Waals surface area contributed by atoms with Crippen molar-refractivity contribution in [2.45, 2.75) is 38.1 Å². The van der Waals surface area contributed by atoms with Crippen LogP contribution in [0.3, 0.4) is 0 Å². The number of nitrogen functional groups attached to an aromatic ring is 1. The molecule has 1 aliphatic carbocycles. The van der Waals surface area contributed by atoms with Gasteiger partial charge >= 0.3 is 0 Å². The van der Waals surface area contributed by atoms with Gasteiger partial charge in [0.15, 0.2) is 5.13 Å². The molecule has 21 heavy (non-hydrogen) atoms. The largest absolute Gasteiger partial charge is 0.375 e. The highest BCUT2D eigenvalue weighted by atomic mass is 32.1. The Morgan fingerprint density at radius 3 is 2.62 bits per heavy atom. The summed E-state index contributed by atoms with van der Waals surface area (Å²) >= 11 is 1.36. The predicted octanol–water partition coefficient (Wildman–Crippen LogP) is 0.785. The molecule has 1 aromatic rings. The fourth-order valence-corrected chi connectivity index (χ4v) is 3.17. The zero-order valence-electron chi connectivity index (χ0n) is 11.9. The number of piperidine rings is 1. The van der Waals surface area contributed by atoms with Gasteiger partial charge in [-0.05, 0) is 25.7 Å². The van der Waals surface area contributed by atoms with Crippen LogP contribution in [-0.4, -0.2) is 40.8 Å². The van der Waals surface area contributed by atoms with Crippen LogP contribution in [0.2, 0.25) is 0 Å². The lowest BCUT2D eigenvalue weighted by Gasteiger charge is -2.32. The number of nitrogens with zero attached hydrogens (tertiary/aromatic N) is 2. The first kappa shape index (κ1) is 14.3. The van der Waals surface area contributed by atoms with Crippen molar-refractivity contribution in [2.24, 2.45) is 5.92 Å². The molecule has 0 unspecified atom stereocenters. The molecule has 2 heterocycles. The Labute approximate surface area is 127 Å². The molecule has 2 amide bonds. The van der Waals surface area contributed by atoms with E-state index in [-0.39, 0.29) is 23.8 Å². The van der Waals surface area contributed by atoms with Crippen LogP contribution < -0.4 is 11.1 Å². The molecule has 2 aliphatic rings. The van der Waals surface area contributed by atoms with E-state index in [0.717, 1.165) is 31.4 Å². The molecule has 1 aromatic heterocycles. The zero-order chi connectivity index (χ0) is 14.8. The van der Waals surface area contributed by atoms with Crippen molar-refractivity contribution in [1.29, 1.82) is 0 Å². The quantitative estimate of drug-likeness (QED) is 0.860. The van der Waals surface area contributed by atoms with Crippen molar-refractivity contribution >= 4 is 28.3 Å². The lowest BCUT2D eigenvalue weighted by Crippen LogP contribution is -2.47. The van der Waals surface area contributed by atoms with Crippen LogP contribution in [0.1, 0.15) is 31.4 Å². The Morgan fingerprint density at radius 2 is 2.05 bits per heavy atom. The lowest BCUT2D eigenvalue weighted by atomic mass is 10.0. The van der Waals surface area contributed by atoms with Gasteiger partial charge in [0.25, 0.3) is 0 Å². The van der Waals surface area contributed by atoms with E-state index in [1.165, 1.54) is 11.3 Å². The maximum absolute atomic E-state index is 12.2. The summed E-state index contributed by atoms with van der Waals surface area (Å²) in [5, 5.41) is 5.42. The van der Waals surface area contributed by atoms with E-state index >= 15 is 0 Å². The second-order valence-electron chi connectivity index (χ2n) is 5.79. The Balaban J connectivity index is 1.44. The number of aromatic nitrogens is 1. The number of likely N-dealkylation sites (tertiary alicyclic amines) is 1. The molecule has 6 nitrogen and oxygen atoms in total. The van der Waals surface area contributed by atoms with Gasteiger partial charge in [0.05, 0.1) is 12.1 Å². The molecule has 1 saturated heterocycles. The number of nitrogens with two attached hydrogens (primary N) is 1. The van der Waals surface area contributed by atoms with Crippen molar-refractivity contribution in [2.75, 3.05) is 18.8 Å². The van der Waals surface area contributed by atoms with E-state index < -0.39 is 0 Å². The number of carbonyl (C=O) groups is 2. The van der Waals surface area contributed by atoms with Crippen LogP contribution in [-0.2, 0) is 16.0 Å². The number of nitrogens with one attached hydrogen (secondary N) is 1. The van der Waals surface area contributed by atoms with E-state index in [1.807, 2.05) is 10.3 Å². The van der Waals surface area contributed by atoms with Gasteiger partial charge in [0.2, 0.25) is 11.8 Å². The van der Waals surface area contributed by atoms with Crippen molar-refractivity contribution < 1.29 is 9.59 Å².